The summed E-state index contributed by atoms with van der Waals surface area (Å²) in [6.07, 6.45) is 6.27. The topological polar surface area (TPSA) is 40.6 Å². The zero-order valence-corrected chi connectivity index (χ0v) is 14.7. The van der Waals surface area contributed by atoms with E-state index in [9.17, 15) is 9.59 Å². The Morgan fingerprint density at radius 2 is 1.64 bits per heavy atom. The molecular weight excluding hydrogens is 276 g/mol. The first-order valence-corrected chi connectivity index (χ1v) is 8.94. The highest BCUT2D eigenvalue weighted by Crippen LogP contribution is 2.28. The van der Waals surface area contributed by atoms with Crippen LogP contribution in [0.2, 0.25) is 0 Å². The molecule has 0 aromatic heterocycles. The molecule has 0 bridgehead atoms. The van der Waals surface area contributed by atoms with Crippen molar-refractivity contribution in [1.29, 1.82) is 0 Å². The number of likely N-dealkylation sites (tertiary alicyclic amines) is 2. The zero-order valence-electron chi connectivity index (χ0n) is 14.7. The molecular formula is C18H32N2O2. The lowest BCUT2D eigenvalue weighted by Crippen LogP contribution is -2.50. The van der Waals surface area contributed by atoms with Gasteiger partial charge in [0.1, 0.15) is 0 Å². The molecule has 126 valence electrons. The maximum Gasteiger partial charge on any atom is 0.227 e. The number of hydrogen-bond acceptors (Lipinski definition) is 2. The van der Waals surface area contributed by atoms with Crippen LogP contribution in [-0.2, 0) is 9.59 Å². The van der Waals surface area contributed by atoms with Crippen LogP contribution in [0.1, 0.15) is 66.2 Å². The molecule has 2 aliphatic rings. The lowest BCUT2D eigenvalue weighted by molar-refractivity contribution is -0.146. The Kier molecular flexibility index (Phi) is 5.51. The van der Waals surface area contributed by atoms with Crippen molar-refractivity contribution in [3.05, 3.63) is 0 Å². The van der Waals surface area contributed by atoms with E-state index in [1.54, 1.807) is 0 Å². The Morgan fingerprint density at radius 3 is 2.18 bits per heavy atom. The van der Waals surface area contributed by atoms with Gasteiger partial charge in [0.15, 0.2) is 0 Å². The van der Waals surface area contributed by atoms with Crippen molar-refractivity contribution in [3.63, 3.8) is 0 Å². The molecule has 2 aliphatic heterocycles. The van der Waals surface area contributed by atoms with Crippen LogP contribution in [0.4, 0.5) is 0 Å². The fraction of sp³-hybridized carbons (Fsp3) is 0.889. The normalized spacial score (nSPS) is 24.5. The molecule has 2 saturated heterocycles. The first-order valence-electron chi connectivity index (χ1n) is 8.94. The Labute approximate surface area is 135 Å². The average Bonchev–Trinajstić information content (AvgIpc) is 2.52. The van der Waals surface area contributed by atoms with Gasteiger partial charge in [0, 0.05) is 37.0 Å². The highest BCUT2D eigenvalue weighted by atomic mass is 16.2. The van der Waals surface area contributed by atoms with E-state index in [1.165, 1.54) is 6.42 Å². The van der Waals surface area contributed by atoms with Gasteiger partial charge in [0.2, 0.25) is 11.8 Å². The minimum atomic E-state index is -0.322. The van der Waals surface area contributed by atoms with Gasteiger partial charge in [0.05, 0.1) is 0 Å². The molecule has 2 amide bonds. The van der Waals surface area contributed by atoms with Gasteiger partial charge in [-0.25, -0.2) is 0 Å². The molecule has 0 saturated carbocycles. The summed E-state index contributed by atoms with van der Waals surface area (Å²) in [6, 6.07) is 0.440. The van der Waals surface area contributed by atoms with Crippen molar-refractivity contribution in [3.8, 4) is 0 Å². The quantitative estimate of drug-likeness (QED) is 0.786. The van der Waals surface area contributed by atoms with Crippen molar-refractivity contribution in [1.82, 2.24) is 9.80 Å². The third-order valence-corrected chi connectivity index (χ3v) is 5.15. The number of carbonyl (C=O) groups is 2. The predicted octanol–water partition coefficient (Wildman–Crippen LogP) is 3.06. The summed E-state index contributed by atoms with van der Waals surface area (Å²) in [5, 5.41) is 0. The number of nitrogens with zero attached hydrogens (tertiary/aromatic N) is 2. The number of piperidine rings is 2. The van der Waals surface area contributed by atoms with E-state index in [1.807, 2.05) is 25.7 Å². The fourth-order valence-corrected chi connectivity index (χ4v) is 3.75. The van der Waals surface area contributed by atoms with Crippen molar-refractivity contribution in [2.45, 2.75) is 72.3 Å². The van der Waals surface area contributed by atoms with Crippen LogP contribution < -0.4 is 0 Å². The van der Waals surface area contributed by atoms with Crippen LogP contribution in [0.3, 0.4) is 0 Å². The zero-order chi connectivity index (χ0) is 16.3. The second-order valence-corrected chi connectivity index (χ2v) is 7.91. The number of amides is 2. The maximum atomic E-state index is 12.8. The SMILES string of the molecule is CCC1CCCCN1C(=O)C1CCN(C(=O)C(C)(C)C)CC1. The molecule has 2 rings (SSSR count). The largest absolute Gasteiger partial charge is 0.342 e. The van der Waals surface area contributed by atoms with Crippen LogP contribution in [0.5, 0.6) is 0 Å². The fourth-order valence-electron chi connectivity index (χ4n) is 3.75. The summed E-state index contributed by atoms with van der Waals surface area (Å²) in [7, 11) is 0. The second kappa shape index (κ2) is 7.01. The smallest absolute Gasteiger partial charge is 0.227 e. The third kappa shape index (κ3) is 3.82. The van der Waals surface area contributed by atoms with Crippen LogP contribution in [0, 0.1) is 11.3 Å². The third-order valence-electron chi connectivity index (χ3n) is 5.15. The summed E-state index contributed by atoms with van der Waals surface area (Å²) in [6.45, 7) is 10.5. The van der Waals surface area contributed by atoms with Crippen LogP contribution >= 0.6 is 0 Å². The van der Waals surface area contributed by atoms with Crippen molar-refractivity contribution >= 4 is 11.8 Å². The first kappa shape index (κ1) is 17.3. The maximum absolute atomic E-state index is 12.8. The molecule has 2 heterocycles. The van der Waals surface area contributed by atoms with Gasteiger partial charge in [-0.05, 0) is 38.5 Å². The van der Waals surface area contributed by atoms with Crippen LogP contribution in [-0.4, -0.2) is 47.3 Å². The molecule has 0 aromatic carbocycles. The lowest BCUT2D eigenvalue weighted by atomic mass is 9.89. The molecule has 0 radical (unpaired) electrons. The van der Waals surface area contributed by atoms with Crippen molar-refractivity contribution < 1.29 is 9.59 Å². The van der Waals surface area contributed by atoms with Crippen molar-refractivity contribution in [2.75, 3.05) is 19.6 Å². The molecule has 1 atom stereocenters. The molecule has 0 N–H and O–H groups in total. The van der Waals surface area contributed by atoms with E-state index in [4.69, 9.17) is 0 Å². The molecule has 1 unspecified atom stereocenters. The number of carbonyl (C=O) groups excluding carboxylic acids is 2. The van der Waals surface area contributed by atoms with Gasteiger partial charge in [-0.15, -0.1) is 0 Å². The van der Waals surface area contributed by atoms with Gasteiger partial charge >= 0.3 is 0 Å². The molecule has 4 heteroatoms. The molecule has 4 nitrogen and oxygen atoms in total. The van der Waals surface area contributed by atoms with E-state index in [0.29, 0.717) is 11.9 Å². The monoisotopic (exact) mass is 308 g/mol. The average molecular weight is 308 g/mol. The Morgan fingerprint density at radius 1 is 1.00 bits per heavy atom. The van der Waals surface area contributed by atoms with E-state index in [2.05, 4.69) is 11.8 Å². The Balaban J connectivity index is 1.91. The van der Waals surface area contributed by atoms with Crippen LogP contribution in [0.25, 0.3) is 0 Å². The van der Waals surface area contributed by atoms with Gasteiger partial charge in [-0.3, -0.25) is 9.59 Å². The Bertz CT molecular complexity index is 406. The molecule has 2 fully saturated rings. The minimum absolute atomic E-state index is 0.121. The summed E-state index contributed by atoms with van der Waals surface area (Å²) < 4.78 is 0. The van der Waals surface area contributed by atoms with Gasteiger partial charge in [-0.1, -0.05) is 27.7 Å². The van der Waals surface area contributed by atoms with Gasteiger partial charge in [0.25, 0.3) is 0 Å². The van der Waals surface area contributed by atoms with Gasteiger partial charge < -0.3 is 9.80 Å². The highest BCUT2D eigenvalue weighted by Gasteiger charge is 2.35. The molecule has 22 heavy (non-hydrogen) atoms. The van der Waals surface area contributed by atoms with Crippen molar-refractivity contribution in [2.24, 2.45) is 11.3 Å². The lowest BCUT2D eigenvalue weighted by Gasteiger charge is -2.40. The van der Waals surface area contributed by atoms with Crippen LogP contribution in [0.15, 0.2) is 0 Å². The number of hydrogen-bond donors (Lipinski definition) is 0. The minimum Gasteiger partial charge on any atom is -0.342 e. The van der Waals surface area contributed by atoms with E-state index < -0.39 is 0 Å². The first-order chi connectivity index (χ1) is 10.3. The van der Waals surface area contributed by atoms with E-state index in [0.717, 1.165) is 51.7 Å². The summed E-state index contributed by atoms with van der Waals surface area (Å²) in [4.78, 5) is 29.2. The van der Waals surface area contributed by atoms with E-state index >= 15 is 0 Å². The predicted molar refractivity (Wildman–Crippen MR) is 88.4 cm³/mol. The van der Waals surface area contributed by atoms with E-state index in [-0.39, 0.29) is 17.2 Å². The Hall–Kier alpha value is -1.06. The summed E-state index contributed by atoms with van der Waals surface area (Å²) >= 11 is 0. The summed E-state index contributed by atoms with van der Waals surface area (Å²) in [5.41, 5.74) is -0.322. The molecule has 0 aliphatic carbocycles. The highest BCUT2D eigenvalue weighted by molar-refractivity contribution is 5.83. The van der Waals surface area contributed by atoms with Gasteiger partial charge in [-0.2, -0.15) is 0 Å². The number of rotatable bonds is 2. The second-order valence-electron chi connectivity index (χ2n) is 7.91. The standard InChI is InChI=1S/C18H32N2O2/c1-5-15-8-6-7-11-20(15)16(21)14-9-12-19(13-10-14)17(22)18(2,3)4/h14-15H,5-13H2,1-4H3. The summed E-state index contributed by atoms with van der Waals surface area (Å²) in [5.74, 6) is 0.674. The molecule has 0 aromatic rings. The molecule has 0 spiro atoms.